The number of benzene rings is 2. The minimum atomic E-state index is -0.374. The van der Waals surface area contributed by atoms with Gasteiger partial charge in [-0.2, -0.15) is 5.26 Å². The first-order chi connectivity index (χ1) is 15.0. The van der Waals surface area contributed by atoms with Crippen molar-refractivity contribution in [2.75, 3.05) is 6.61 Å². The summed E-state index contributed by atoms with van der Waals surface area (Å²) in [6.45, 7) is 6.48. The van der Waals surface area contributed by atoms with Gasteiger partial charge in [0.15, 0.2) is 11.5 Å². The number of hydrogen-bond donors (Lipinski definition) is 0. The van der Waals surface area contributed by atoms with Gasteiger partial charge in [-0.3, -0.25) is 14.5 Å². The molecule has 1 aliphatic heterocycles. The van der Waals surface area contributed by atoms with Crippen LogP contribution in [-0.4, -0.2) is 28.8 Å². The number of carbonyl (C=O) groups excluding carboxylic acids is 2. The molecule has 31 heavy (non-hydrogen) atoms. The van der Waals surface area contributed by atoms with Crippen LogP contribution < -0.4 is 9.47 Å². The molecule has 2 aromatic rings. The van der Waals surface area contributed by atoms with Crippen LogP contribution in [0, 0.1) is 11.3 Å². The summed E-state index contributed by atoms with van der Waals surface area (Å²) in [5, 5.41) is 8.90. The number of thioether (sulfide) groups is 1. The van der Waals surface area contributed by atoms with Gasteiger partial charge in [0.05, 0.1) is 35.8 Å². The second-order valence-corrected chi connectivity index (χ2v) is 8.01. The smallest absolute Gasteiger partial charge is 0.293 e. The third-order valence-electron chi connectivity index (χ3n) is 4.81. The number of ether oxygens (including phenoxy) is 2. The Kier molecular flexibility index (Phi) is 7.37. The Labute approximate surface area is 186 Å². The molecular formula is C24H24N2O4S. The highest BCUT2D eigenvalue weighted by Crippen LogP contribution is 2.36. The number of imide groups is 1. The molecule has 6 nitrogen and oxygen atoms in total. The van der Waals surface area contributed by atoms with Crippen LogP contribution in [0.5, 0.6) is 11.5 Å². The molecular weight excluding hydrogens is 412 g/mol. The van der Waals surface area contributed by atoms with E-state index in [0.717, 1.165) is 28.6 Å². The van der Waals surface area contributed by atoms with Crippen LogP contribution in [0.25, 0.3) is 6.08 Å². The number of nitriles is 1. The van der Waals surface area contributed by atoms with Crippen molar-refractivity contribution in [1.29, 1.82) is 5.26 Å². The van der Waals surface area contributed by atoms with Gasteiger partial charge in [-0.05, 0) is 67.4 Å². The van der Waals surface area contributed by atoms with E-state index >= 15 is 0 Å². The lowest BCUT2D eigenvalue weighted by Crippen LogP contribution is -2.27. The molecule has 0 N–H and O–H groups in total. The molecule has 0 spiro atoms. The maximum Gasteiger partial charge on any atom is 0.293 e. The average molecular weight is 437 g/mol. The average Bonchev–Trinajstić information content (AvgIpc) is 3.03. The van der Waals surface area contributed by atoms with Gasteiger partial charge < -0.3 is 9.47 Å². The van der Waals surface area contributed by atoms with Crippen LogP contribution >= 0.6 is 11.8 Å². The number of nitrogens with zero attached hydrogens (tertiary/aromatic N) is 2. The van der Waals surface area contributed by atoms with E-state index < -0.39 is 0 Å². The first-order valence-corrected chi connectivity index (χ1v) is 10.9. The molecule has 0 radical (unpaired) electrons. The van der Waals surface area contributed by atoms with Crippen molar-refractivity contribution in [3.63, 3.8) is 0 Å². The molecule has 2 aromatic carbocycles. The molecule has 1 saturated heterocycles. The zero-order valence-corrected chi connectivity index (χ0v) is 18.6. The second-order valence-electron chi connectivity index (χ2n) is 7.01. The first-order valence-electron chi connectivity index (χ1n) is 10.1. The fourth-order valence-electron chi connectivity index (χ4n) is 3.01. The Hall–Kier alpha value is -3.24. The van der Waals surface area contributed by atoms with Crippen molar-refractivity contribution in [3.05, 3.63) is 64.1 Å². The zero-order valence-electron chi connectivity index (χ0n) is 17.8. The van der Waals surface area contributed by atoms with Gasteiger partial charge in [-0.1, -0.05) is 31.2 Å². The van der Waals surface area contributed by atoms with Crippen molar-refractivity contribution in [2.45, 2.75) is 39.8 Å². The van der Waals surface area contributed by atoms with E-state index in [0.29, 0.717) is 34.1 Å². The molecule has 160 valence electrons. The van der Waals surface area contributed by atoms with Gasteiger partial charge in [0, 0.05) is 0 Å². The van der Waals surface area contributed by atoms with Crippen molar-refractivity contribution in [3.8, 4) is 17.6 Å². The summed E-state index contributed by atoms with van der Waals surface area (Å²) in [6.07, 6.45) is 2.60. The monoisotopic (exact) mass is 436 g/mol. The Balaban J connectivity index is 1.83. The largest absolute Gasteiger partial charge is 0.490 e. The Morgan fingerprint density at radius 1 is 1.16 bits per heavy atom. The summed E-state index contributed by atoms with van der Waals surface area (Å²) < 4.78 is 11.6. The van der Waals surface area contributed by atoms with Crippen LogP contribution in [0.2, 0.25) is 0 Å². The molecule has 1 atom stereocenters. The maximum atomic E-state index is 12.9. The van der Waals surface area contributed by atoms with Crippen LogP contribution in [0.3, 0.4) is 0 Å². The van der Waals surface area contributed by atoms with E-state index in [-0.39, 0.29) is 23.8 Å². The van der Waals surface area contributed by atoms with Crippen LogP contribution in [0.4, 0.5) is 4.79 Å². The lowest BCUT2D eigenvalue weighted by Gasteiger charge is -2.16. The van der Waals surface area contributed by atoms with Gasteiger partial charge in [0.1, 0.15) is 0 Å². The molecule has 0 aliphatic carbocycles. The summed E-state index contributed by atoms with van der Waals surface area (Å²) in [6, 6.07) is 14.5. The number of carbonyl (C=O) groups is 2. The van der Waals surface area contributed by atoms with E-state index in [1.165, 1.54) is 0 Å². The van der Waals surface area contributed by atoms with Crippen LogP contribution in [0.15, 0.2) is 47.4 Å². The van der Waals surface area contributed by atoms with Crippen molar-refractivity contribution >= 4 is 29.0 Å². The normalized spacial score (nSPS) is 15.8. The molecule has 0 aromatic heterocycles. The molecule has 2 amide bonds. The van der Waals surface area contributed by atoms with E-state index in [1.807, 2.05) is 32.9 Å². The van der Waals surface area contributed by atoms with Gasteiger partial charge >= 0.3 is 0 Å². The molecule has 1 heterocycles. The summed E-state index contributed by atoms with van der Waals surface area (Å²) in [4.78, 5) is 26.8. The molecule has 7 heteroatoms. The van der Waals surface area contributed by atoms with Crippen molar-refractivity contribution in [2.24, 2.45) is 0 Å². The van der Waals surface area contributed by atoms with E-state index in [4.69, 9.17) is 9.47 Å². The Morgan fingerprint density at radius 3 is 2.65 bits per heavy atom. The Bertz CT molecular complexity index is 1060. The van der Waals surface area contributed by atoms with E-state index in [1.54, 1.807) is 36.4 Å². The van der Waals surface area contributed by atoms with Gasteiger partial charge in [-0.25, -0.2) is 0 Å². The highest BCUT2D eigenvalue weighted by molar-refractivity contribution is 8.18. The summed E-state index contributed by atoms with van der Waals surface area (Å²) in [5.41, 5.74) is 1.82. The van der Waals surface area contributed by atoms with Gasteiger partial charge in [0.25, 0.3) is 11.1 Å². The zero-order chi connectivity index (χ0) is 22.4. The minimum absolute atomic E-state index is 0.0536. The number of rotatable bonds is 8. The fraction of sp³-hybridized carbons (Fsp3) is 0.292. The number of hydrogen-bond acceptors (Lipinski definition) is 6. The minimum Gasteiger partial charge on any atom is -0.490 e. The third kappa shape index (κ3) is 5.28. The SMILES string of the molecule is CCOc1cc(/C=C2/SC(=O)N(Cc3ccccc3C#N)C2=O)ccc1O[C@@H](C)CC. The molecule has 0 saturated carbocycles. The molecule has 0 unspecified atom stereocenters. The lowest BCUT2D eigenvalue weighted by molar-refractivity contribution is -0.123. The van der Waals surface area contributed by atoms with Gasteiger partial charge in [0.2, 0.25) is 0 Å². The Morgan fingerprint density at radius 2 is 1.94 bits per heavy atom. The molecule has 3 rings (SSSR count). The standard InChI is InChI=1S/C24H24N2O4S/c1-4-16(3)30-20-11-10-17(12-21(20)29-5-2)13-22-23(27)26(24(28)31-22)15-19-9-7-6-8-18(19)14-25/h6-13,16H,4-5,15H2,1-3H3/b22-13+/t16-/m0/s1. The molecule has 1 aliphatic rings. The summed E-state index contributed by atoms with van der Waals surface area (Å²) in [7, 11) is 0. The molecule has 0 bridgehead atoms. The summed E-state index contributed by atoms with van der Waals surface area (Å²) in [5.74, 6) is 0.869. The first kappa shape index (κ1) is 22.4. The topological polar surface area (TPSA) is 79.6 Å². The highest BCUT2D eigenvalue weighted by Gasteiger charge is 2.35. The third-order valence-corrected chi connectivity index (χ3v) is 5.72. The van der Waals surface area contributed by atoms with Crippen molar-refractivity contribution < 1.29 is 19.1 Å². The number of amides is 2. The molecule has 1 fully saturated rings. The fourth-order valence-corrected chi connectivity index (χ4v) is 3.84. The van der Waals surface area contributed by atoms with Gasteiger partial charge in [-0.15, -0.1) is 0 Å². The second kappa shape index (κ2) is 10.2. The summed E-state index contributed by atoms with van der Waals surface area (Å²) >= 11 is 0.891. The van der Waals surface area contributed by atoms with Crippen molar-refractivity contribution in [1.82, 2.24) is 4.90 Å². The maximum absolute atomic E-state index is 12.9. The van der Waals surface area contributed by atoms with E-state index in [9.17, 15) is 14.9 Å². The lowest BCUT2D eigenvalue weighted by atomic mass is 10.1. The predicted molar refractivity (Wildman–Crippen MR) is 121 cm³/mol. The predicted octanol–water partition coefficient (Wildman–Crippen LogP) is 5.37. The van der Waals surface area contributed by atoms with E-state index in [2.05, 4.69) is 6.07 Å². The van der Waals surface area contributed by atoms with Crippen LogP contribution in [-0.2, 0) is 11.3 Å². The quantitative estimate of drug-likeness (QED) is 0.518. The highest BCUT2D eigenvalue weighted by atomic mass is 32.2. The van der Waals surface area contributed by atoms with Crippen LogP contribution in [0.1, 0.15) is 43.9 Å².